The van der Waals surface area contributed by atoms with Gasteiger partial charge in [-0.2, -0.15) is 0 Å². The van der Waals surface area contributed by atoms with E-state index in [1.807, 2.05) is 57.2 Å². The van der Waals surface area contributed by atoms with Gasteiger partial charge in [0.05, 0.1) is 5.69 Å². The summed E-state index contributed by atoms with van der Waals surface area (Å²) in [5.41, 5.74) is 2.72. The molecule has 0 saturated heterocycles. The molecule has 1 amide bonds. The normalized spacial score (nSPS) is 10.7. The predicted octanol–water partition coefficient (Wildman–Crippen LogP) is 4.20. The molecule has 3 aromatic rings. The van der Waals surface area contributed by atoms with Gasteiger partial charge in [-0.25, -0.2) is 9.67 Å². The molecule has 0 aliphatic rings. The third-order valence-electron chi connectivity index (χ3n) is 4.00. The highest BCUT2D eigenvalue weighted by Crippen LogP contribution is 2.21. The largest absolute Gasteiger partial charge is 0.306 e. The minimum atomic E-state index is -0.215. The SMILES string of the molecule is CCN(C(=O)c1nc(C)n(-c2ccc(Cl)cc2)n1)c1ccccc1C. The maximum atomic E-state index is 12.9. The van der Waals surface area contributed by atoms with Gasteiger partial charge in [0.25, 0.3) is 5.91 Å². The highest BCUT2D eigenvalue weighted by molar-refractivity contribution is 6.30. The first-order chi connectivity index (χ1) is 12.0. The van der Waals surface area contributed by atoms with E-state index < -0.39 is 0 Å². The second-order valence-corrected chi connectivity index (χ2v) is 6.14. The van der Waals surface area contributed by atoms with Gasteiger partial charge in [-0.05, 0) is 56.7 Å². The van der Waals surface area contributed by atoms with Crippen LogP contribution in [0.1, 0.15) is 28.9 Å². The van der Waals surface area contributed by atoms with E-state index in [0.717, 1.165) is 16.9 Å². The van der Waals surface area contributed by atoms with E-state index in [9.17, 15) is 4.79 Å². The summed E-state index contributed by atoms with van der Waals surface area (Å²) in [4.78, 5) is 19.0. The second kappa shape index (κ2) is 7.07. The van der Waals surface area contributed by atoms with Crippen LogP contribution >= 0.6 is 11.6 Å². The van der Waals surface area contributed by atoms with Gasteiger partial charge in [-0.1, -0.05) is 29.8 Å². The lowest BCUT2D eigenvalue weighted by Crippen LogP contribution is -2.32. The number of rotatable bonds is 4. The number of aryl methyl sites for hydroxylation is 2. The standard InChI is InChI=1S/C19H19ClN4O/c1-4-23(17-8-6-5-7-13(17)2)19(25)18-21-14(3)24(22-18)16-11-9-15(20)10-12-16/h5-12H,4H2,1-3H3. The molecule has 0 atom stereocenters. The maximum absolute atomic E-state index is 12.9. The molecule has 5 nitrogen and oxygen atoms in total. The Bertz CT molecular complexity index is 902. The van der Waals surface area contributed by atoms with Crippen LogP contribution in [0.5, 0.6) is 0 Å². The van der Waals surface area contributed by atoms with E-state index in [2.05, 4.69) is 10.1 Å². The van der Waals surface area contributed by atoms with Crippen molar-refractivity contribution in [1.82, 2.24) is 14.8 Å². The molecule has 0 aliphatic heterocycles. The van der Waals surface area contributed by atoms with E-state index in [1.54, 1.807) is 21.7 Å². The first-order valence-electron chi connectivity index (χ1n) is 8.08. The molecule has 25 heavy (non-hydrogen) atoms. The Morgan fingerprint density at radius 2 is 1.80 bits per heavy atom. The zero-order valence-corrected chi connectivity index (χ0v) is 15.2. The second-order valence-electron chi connectivity index (χ2n) is 5.71. The Morgan fingerprint density at radius 1 is 1.12 bits per heavy atom. The summed E-state index contributed by atoms with van der Waals surface area (Å²) in [6.45, 7) is 6.28. The number of benzene rings is 2. The van der Waals surface area contributed by atoms with Gasteiger partial charge in [0.15, 0.2) is 0 Å². The van der Waals surface area contributed by atoms with E-state index in [0.29, 0.717) is 17.4 Å². The molecule has 0 bridgehead atoms. The van der Waals surface area contributed by atoms with Crippen LogP contribution in [0.25, 0.3) is 5.69 Å². The van der Waals surface area contributed by atoms with Gasteiger partial charge in [-0.3, -0.25) is 4.79 Å². The van der Waals surface area contributed by atoms with Gasteiger partial charge in [0.2, 0.25) is 5.82 Å². The molecule has 0 spiro atoms. The van der Waals surface area contributed by atoms with Crippen LogP contribution in [0, 0.1) is 13.8 Å². The average molecular weight is 355 g/mol. The first kappa shape index (κ1) is 17.2. The van der Waals surface area contributed by atoms with E-state index in [1.165, 1.54) is 0 Å². The lowest BCUT2D eigenvalue weighted by Gasteiger charge is -2.21. The van der Waals surface area contributed by atoms with Crippen LogP contribution in [0.15, 0.2) is 48.5 Å². The van der Waals surface area contributed by atoms with Crippen molar-refractivity contribution >= 4 is 23.2 Å². The number of amides is 1. The molecule has 0 saturated carbocycles. The number of halogens is 1. The summed E-state index contributed by atoms with van der Waals surface area (Å²) in [6.07, 6.45) is 0. The predicted molar refractivity (Wildman–Crippen MR) is 99.6 cm³/mol. The van der Waals surface area contributed by atoms with Gasteiger partial charge >= 0.3 is 0 Å². The summed E-state index contributed by atoms with van der Waals surface area (Å²) in [5, 5.41) is 5.05. The summed E-state index contributed by atoms with van der Waals surface area (Å²) in [6, 6.07) is 15.0. The Hall–Kier alpha value is -2.66. The van der Waals surface area contributed by atoms with Gasteiger partial charge in [0.1, 0.15) is 5.82 Å². The Kier molecular flexibility index (Phi) is 4.86. The fraction of sp³-hybridized carbons (Fsp3) is 0.211. The molecule has 2 aromatic carbocycles. The smallest absolute Gasteiger partial charge is 0.297 e. The van der Waals surface area contributed by atoms with Crippen molar-refractivity contribution in [3.8, 4) is 5.69 Å². The number of nitrogens with zero attached hydrogens (tertiary/aromatic N) is 4. The topological polar surface area (TPSA) is 51.0 Å². The van der Waals surface area contributed by atoms with Crippen molar-refractivity contribution in [2.45, 2.75) is 20.8 Å². The van der Waals surface area contributed by atoms with E-state index in [4.69, 9.17) is 11.6 Å². The quantitative estimate of drug-likeness (QED) is 0.705. The third-order valence-corrected chi connectivity index (χ3v) is 4.25. The molecule has 0 N–H and O–H groups in total. The number of para-hydroxylation sites is 1. The van der Waals surface area contributed by atoms with Gasteiger partial charge in [0, 0.05) is 17.3 Å². The first-order valence-corrected chi connectivity index (χ1v) is 8.46. The Labute approximate surface area is 151 Å². The van der Waals surface area contributed by atoms with Crippen molar-refractivity contribution < 1.29 is 4.79 Å². The zero-order valence-electron chi connectivity index (χ0n) is 14.4. The summed E-state index contributed by atoms with van der Waals surface area (Å²) in [5.74, 6) is 0.608. The fourth-order valence-corrected chi connectivity index (χ4v) is 2.84. The molecule has 0 fully saturated rings. The number of anilines is 1. The number of carbonyl (C=O) groups is 1. The molecular formula is C19H19ClN4O. The molecule has 6 heteroatoms. The molecule has 1 heterocycles. The summed E-state index contributed by atoms with van der Waals surface area (Å²) >= 11 is 5.93. The third kappa shape index (κ3) is 3.42. The van der Waals surface area contributed by atoms with Crippen LogP contribution in [0.4, 0.5) is 5.69 Å². The van der Waals surface area contributed by atoms with Crippen LogP contribution < -0.4 is 4.90 Å². The van der Waals surface area contributed by atoms with Gasteiger partial charge < -0.3 is 4.90 Å². The molecule has 1 aromatic heterocycles. The van der Waals surface area contributed by atoms with Crippen LogP contribution in [-0.2, 0) is 0 Å². The van der Waals surface area contributed by atoms with Crippen LogP contribution in [0.2, 0.25) is 5.02 Å². The average Bonchev–Trinajstić information content (AvgIpc) is 2.99. The van der Waals surface area contributed by atoms with E-state index >= 15 is 0 Å². The van der Waals surface area contributed by atoms with Crippen LogP contribution in [0.3, 0.4) is 0 Å². The highest BCUT2D eigenvalue weighted by Gasteiger charge is 2.22. The van der Waals surface area contributed by atoms with Crippen LogP contribution in [-0.4, -0.2) is 27.2 Å². The van der Waals surface area contributed by atoms with E-state index in [-0.39, 0.29) is 11.7 Å². The Balaban J connectivity index is 1.96. The lowest BCUT2D eigenvalue weighted by atomic mass is 10.2. The molecule has 0 aliphatic carbocycles. The molecule has 3 rings (SSSR count). The highest BCUT2D eigenvalue weighted by atomic mass is 35.5. The zero-order chi connectivity index (χ0) is 18.0. The van der Waals surface area contributed by atoms with Crippen molar-refractivity contribution in [2.75, 3.05) is 11.4 Å². The molecule has 0 unspecified atom stereocenters. The monoisotopic (exact) mass is 354 g/mol. The van der Waals surface area contributed by atoms with Crippen molar-refractivity contribution in [3.63, 3.8) is 0 Å². The molecule has 0 radical (unpaired) electrons. The Morgan fingerprint density at radius 3 is 2.44 bits per heavy atom. The van der Waals surface area contributed by atoms with Crippen molar-refractivity contribution in [2.24, 2.45) is 0 Å². The number of aromatic nitrogens is 3. The lowest BCUT2D eigenvalue weighted by molar-refractivity contribution is 0.0978. The van der Waals surface area contributed by atoms with Gasteiger partial charge in [-0.15, -0.1) is 5.10 Å². The number of hydrogen-bond acceptors (Lipinski definition) is 3. The minimum Gasteiger partial charge on any atom is -0.306 e. The summed E-state index contributed by atoms with van der Waals surface area (Å²) < 4.78 is 1.65. The fourth-order valence-electron chi connectivity index (χ4n) is 2.72. The minimum absolute atomic E-state index is 0.178. The number of carbonyl (C=O) groups excluding carboxylic acids is 1. The molecular weight excluding hydrogens is 336 g/mol. The number of hydrogen-bond donors (Lipinski definition) is 0. The van der Waals surface area contributed by atoms with Crippen molar-refractivity contribution in [1.29, 1.82) is 0 Å². The maximum Gasteiger partial charge on any atom is 0.297 e. The summed E-state index contributed by atoms with van der Waals surface area (Å²) in [7, 11) is 0. The van der Waals surface area contributed by atoms with Crippen molar-refractivity contribution in [3.05, 3.63) is 70.8 Å². The molecule has 128 valence electrons.